The summed E-state index contributed by atoms with van der Waals surface area (Å²) in [5, 5.41) is 0.884. The molecule has 0 aliphatic carbocycles. The van der Waals surface area contributed by atoms with E-state index in [4.69, 9.17) is 46.9 Å². The SMILES string of the molecule is COc1ccc([C@H](Cc2c(Cl)c[nH+]cc2Cl)OC(=O)c2cccc(CC3OCCO3)c2)cc1OC. The van der Waals surface area contributed by atoms with Gasteiger partial charge < -0.3 is 23.7 Å². The average Bonchev–Trinajstić information content (AvgIpc) is 3.38. The summed E-state index contributed by atoms with van der Waals surface area (Å²) in [6.07, 6.45) is 3.08. The summed E-state index contributed by atoms with van der Waals surface area (Å²) in [7, 11) is 3.11. The molecule has 0 unspecified atom stereocenters. The molecular formula is C26H26Cl2NO6+. The summed E-state index contributed by atoms with van der Waals surface area (Å²) < 4.78 is 27.8. The van der Waals surface area contributed by atoms with Gasteiger partial charge in [0.15, 0.2) is 30.2 Å². The van der Waals surface area contributed by atoms with Crippen LogP contribution in [0, 0.1) is 0 Å². The second-order valence-electron chi connectivity index (χ2n) is 7.92. The predicted octanol–water partition coefficient (Wildman–Crippen LogP) is 4.88. The molecule has 184 valence electrons. The van der Waals surface area contributed by atoms with E-state index in [1.807, 2.05) is 18.2 Å². The zero-order chi connectivity index (χ0) is 24.8. The lowest BCUT2D eigenvalue weighted by atomic mass is 10.0. The molecule has 0 saturated carbocycles. The van der Waals surface area contributed by atoms with Crippen molar-refractivity contribution in [2.24, 2.45) is 0 Å². The lowest BCUT2D eigenvalue weighted by molar-refractivity contribution is -0.377. The first-order valence-electron chi connectivity index (χ1n) is 11.1. The van der Waals surface area contributed by atoms with Gasteiger partial charge in [0.1, 0.15) is 16.1 Å². The number of halogens is 2. The van der Waals surface area contributed by atoms with Crippen molar-refractivity contribution in [2.45, 2.75) is 25.2 Å². The first-order chi connectivity index (χ1) is 17.0. The number of H-pyrrole nitrogens is 1. The Morgan fingerprint density at radius 1 is 1.03 bits per heavy atom. The number of carbonyl (C=O) groups is 1. The molecule has 4 rings (SSSR count). The van der Waals surface area contributed by atoms with Gasteiger partial charge in [-0.2, -0.15) is 0 Å². The second kappa shape index (κ2) is 11.7. The van der Waals surface area contributed by atoms with Crippen LogP contribution in [0.5, 0.6) is 11.5 Å². The molecule has 0 spiro atoms. The Labute approximate surface area is 213 Å². The van der Waals surface area contributed by atoms with Gasteiger partial charge in [0.2, 0.25) is 0 Å². The van der Waals surface area contributed by atoms with Crippen LogP contribution in [0.25, 0.3) is 0 Å². The van der Waals surface area contributed by atoms with Crippen LogP contribution in [-0.4, -0.2) is 39.7 Å². The van der Waals surface area contributed by atoms with Gasteiger partial charge in [-0.1, -0.05) is 41.4 Å². The Morgan fingerprint density at radius 3 is 2.43 bits per heavy atom. The number of hydrogen-bond donors (Lipinski definition) is 0. The average molecular weight is 519 g/mol. The summed E-state index contributed by atoms with van der Waals surface area (Å²) in [6, 6.07) is 12.6. The maximum Gasteiger partial charge on any atom is 0.338 e. The summed E-state index contributed by atoms with van der Waals surface area (Å²) in [4.78, 5) is 16.1. The highest BCUT2D eigenvalue weighted by Gasteiger charge is 2.24. The van der Waals surface area contributed by atoms with Gasteiger partial charge in [0, 0.05) is 18.4 Å². The molecule has 3 aromatic rings. The maximum absolute atomic E-state index is 13.2. The van der Waals surface area contributed by atoms with E-state index in [1.54, 1.807) is 50.9 Å². The molecule has 1 aliphatic rings. The van der Waals surface area contributed by atoms with E-state index in [0.717, 1.165) is 5.56 Å². The number of pyridine rings is 1. The summed E-state index contributed by atoms with van der Waals surface area (Å²) in [6.45, 7) is 1.14. The zero-order valence-electron chi connectivity index (χ0n) is 19.4. The number of aromatic amines is 1. The van der Waals surface area contributed by atoms with E-state index in [-0.39, 0.29) is 12.7 Å². The first-order valence-corrected chi connectivity index (χ1v) is 11.8. The first kappa shape index (κ1) is 25.3. The summed E-state index contributed by atoms with van der Waals surface area (Å²) in [5.41, 5.74) is 2.70. The highest BCUT2D eigenvalue weighted by atomic mass is 35.5. The third-order valence-electron chi connectivity index (χ3n) is 5.67. The topological polar surface area (TPSA) is 77.4 Å². The highest BCUT2D eigenvalue weighted by molar-refractivity contribution is 6.35. The molecule has 1 saturated heterocycles. The summed E-state index contributed by atoms with van der Waals surface area (Å²) >= 11 is 12.8. The largest absolute Gasteiger partial charge is 0.493 e. The Kier molecular flexibility index (Phi) is 8.46. The number of ether oxygens (including phenoxy) is 5. The Balaban J connectivity index is 1.62. The molecule has 7 nitrogen and oxygen atoms in total. The number of benzene rings is 2. The van der Waals surface area contributed by atoms with Crippen LogP contribution in [0.1, 0.15) is 33.2 Å². The van der Waals surface area contributed by atoms with Gasteiger partial charge in [0.05, 0.1) is 33.0 Å². The van der Waals surface area contributed by atoms with Crippen LogP contribution in [0.3, 0.4) is 0 Å². The molecule has 2 heterocycles. The van der Waals surface area contributed by atoms with E-state index in [0.29, 0.717) is 57.9 Å². The monoisotopic (exact) mass is 518 g/mol. The van der Waals surface area contributed by atoms with Crippen molar-refractivity contribution >= 4 is 29.2 Å². The van der Waals surface area contributed by atoms with Crippen LogP contribution in [0.15, 0.2) is 54.9 Å². The van der Waals surface area contributed by atoms with E-state index in [9.17, 15) is 4.79 Å². The molecule has 1 fully saturated rings. The molecule has 0 bridgehead atoms. The number of esters is 1. The van der Waals surface area contributed by atoms with Crippen molar-refractivity contribution in [3.63, 3.8) is 0 Å². The fourth-order valence-corrected chi connectivity index (χ4v) is 4.41. The van der Waals surface area contributed by atoms with Crippen LogP contribution >= 0.6 is 23.2 Å². The van der Waals surface area contributed by atoms with Crippen molar-refractivity contribution in [3.8, 4) is 11.5 Å². The molecule has 1 atom stereocenters. The second-order valence-corrected chi connectivity index (χ2v) is 8.73. The Bertz CT molecular complexity index is 1160. The van der Waals surface area contributed by atoms with Crippen LogP contribution in [-0.2, 0) is 27.1 Å². The van der Waals surface area contributed by atoms with Crippen LogP contribution < -0.4 is 14.5 Å². The van der Waals surface area contributed by atoms with E-state index < -0.39 is 12.1 Å². The normalized spacial score (nSPS) is 14.5. The van der Waals surface area contributed by atoms with Crippen LogP contribution in [0.4, 0.5) is 0 Å². The molecule has 0 radical (unpaired) electrons. The molecule has 1 aliphatic heterocycles. The van der Waals surface area contributed by atoms with Crippen molar-refractivity contribution < 1.29 is 33.5 Å². The Morgan fingerprint density at radius 2 is 1.74 bits per heavy atom. The van der Waals surface area contributed by atoms with E-state index in [1.165, 1.54) is 0 Å². The van der Waals surface area contributed by atoms with Crippen LogP contribution in [0.2, 0.25) is 10.0 Å². The third kappa shape index (κ3) is 6.24. The number of rotatable bonds is 9. The van der Waals surface area contributed by atoms with Crippen molar-refractivity contribution in [3.05, 3.63) is 87.2 Å². The van der Waals surface area contributed by atoms with Gasteiger partial charge >= 0.3 is 5.97 Å². The molecule has 1 N–H and O–H groups in total. The molecule has 35 heavy (non-hydrogen) atoms. The molecular weight excluding hydrogens is 493 g/mol. The summed E-state index contributed by atoms with van der Waals surface area (Å²) in [5.74, 6) is 0.605. The number of nitrogens with one attached hydrogen (secondary N) is 1. The fourth-order valence-electron chi connectivity index (χ4n) is 3.88. The minimum atomic E-state index is -0.690. The maximum atomic E-state index is 13.2. The smallest absolute Gasteiger partial charge is 0.338 e. The predicted molar refractivity (Wildman–Crippen MR) is 130 cm³/mol. The standard InChI is InChI=1S/C26H25Cl2NO6/c1-31-22-7-6-17(12-24(22)32-2)23(13-19-20(27)14-29-15-21(19)28)35-26(30)18-5-3-4-16(10-18)11-25-33-8-9-34-25/h3-7,10,12,14-15,23,25H,8-9,11,13H2,1-2H3/p+1/t23-/m0/s1. The van der Waals surface area contributed by atoms with E-state index in [2.05, 4.69) is 4.98 Å². The molecule has 9 heteroatoms. The number of methoxy groups -OCH3 is 2. The van der Waals surface area contributed by atoms with E-state index >= 15 is 0 Å². The highest BCUT2D eigenvalue weighted by Crippen LogP contribution is 2.35. The molecule has 1 aromatic heterocycles. The van der Waals surface area contributed by atoms with Gasteiger partial charge in [-0.3, -0.25) is 0 Å². The number of aromatic nitrogens is 1. The quantitative estimate of drug-likeness (QED) is 0.375. The number of hydrogen-bond acceptors (Lipinski definition) is 6. The van der Waals surface area contributed by atoms with Gasteiger partial charge in [0.25, 0.3) is 0 Å². The zero-order valence-corrected chi connectivity index (χ0v) is 20.9. The Hall–Kier alpha value is -2.84. The van der Waals surface area contributed by atoms with Gasteiger partial charge in [-0.25, -0.2) is 9.78 Å². The van der Waals surface area contributed by atoms with Gasteiger partial charge in [-0.05, 0) is 35.4 Å². The minimum Gasteiger partial charge on any atom is -0.493 e. The number of carbonyl (C=O) groups excluding carboxylic acids is 1. The molecule has 0 amide bonds. The molecule has 2 aromatic carbocycles. The fraction of sp³-hybridized carbons (Fsp3) is 0.308. The third-order valence-corrected chi connectivity index (χ3v) is 6.35. The van der Waals surface area contributed by atoms with Crippen molar-refractivity contribution in [2.75, 3.05) is 27.4 Å². The van der Waals surface area contributed by atoms with Crippen molar-refractivity contribution in [1.82, 2.24) is 0 Å². The minimum absolute atomic E-state index is 0.261. The van der Waals surface area contributed by atoms with Gasteiger partial charge in [-0.15, -0.1) is 0 Å². The lowest BCUT2D eigenvalue weighted by Crippen LogP contribution is -2.16. The van der Waals surface area contributed by atoms with Crippen molar-refractivity contribution in [1.29, 1.82) is 0 Å². The lowest BCUT2D eigenvalue weighted by Gasteiger charge is -2.21.